The molecule has 3 aromatic rings. The number of esters is 1. The molecule has 4 rings (SSSR count). The highest BCUT2D eigenvalue weighted by atomic mass is 16.6. The highest BCUT2D eigenvalue weighted by Gasteiger charge is 2.41. The zero-order valence-corrected chi connectivity index (χ0v) is 22.1. The second kappa shape index (κ2) is 13.4. The van der Waals surface area contributed by atoms with Crippen LogP contribution in [0.3, 0.4) is 0 Å². The molecule has 0 aliphatic heterocycles. The van der Waals surface area contributed by atoms with Crippen LogP contribution < -0.4 is 0 Å². The average molecular weight is 545 g/mol. The van der Waals surface area contributed by atoms with Gasteiger partial charge < -0.3 is 20.1 Å². The molecular weight excluding hydrogens is 512 g/mol. The number of carboxylic acids is 3. The van der Waals surface area contributed by atoms with Gasteiger partial charge in [-0.1, -0.05) is 97.6 Å². The minimum Gasteiger partial charge on any atom is -0.481 e. The van der Waals surface area contributed by atoms with E-state index in [1.807, 2.05) is 91.0 Å². The third-order valence-corrected chi connectivity index (χ3v) is 6.89. The fourth-order valence-electron chi connectivity index (χ4n) is 4.85. The fraction of sp³-hybridized carbons (Fsp3) is 0.250. The molecule has 0 atom stereocenters. The van der Waals surface area contributed by atoms with Crippen LogP contribution in [0.4, 0.5) is 0 Å². The van der Waals surface area contributed by atoms with E-state index < -0.39 is 47.2 Å². The number of carboxylic acid groups (broad SMARTS) is 3. The molecule has 8 heteroatoms. The minimum absolute atomic E-state index is 0.0223. The van der Waals surface area contributed by atoms with Gasteiger partial charge in [-0.3, -0.25) is 14.4 Å². The maximum Gasteiger partial charge on any atom is 0.334 e. The Morgan fingerprint density at radius 1 is 0.625 bits per heavy atom. The summed E-state index contributed by atoms with van der Waals surface area (Å²) in [6.45, 7) is 5.41. The van der Waals surface area contributed by atoms with Gasteiger partial charge in [0.15, 0.2) is 5.60 Å². The standard InChI is InChI=1S/C23H20O2.C9H12O6/c1-18(2)22(24)25-23(19-12-6-3-7-13-19,20-14-8-4-9-15-20)21-16-10-5-11-17-21;10-7(11)4-1-5(8(12)13)3-6(2-4)9(14)15/h3-17H,1H2,2H3;4-6H,1-3H2,(H,10,11)(H,12,13)(H,14,15). The minimum atomic E-state index is -1.12. The third-order valence-electron chi connectivity index (χ3n) is 6.89. The lowest BCUT2D eigenvalue weighted by Crippen LogP contribution is -2.35. The van der Waals surface area contributed by atoms with Crippen molar-refractivity contribution >= 4 is 23.9 Å². The number of hydrogen-bond acceptors (Lipinski definition) is 5. The number of hydrogen-bond donors (Lipinski definition) is 3. The first-order chi connectivity index (χ1) is 19.1. The summed E-state index contributed by atoms with van der Waals surface area (Å²) in [7, 11) is 0. The Morgan fingerprint density at radius 2 is 0.900 bits per heavy atom. The third kappa shape index (κ3) is 7.02. The molecule has 1 aliphatic carbocycles. The normalized spacial score (nSPS) is 18.4. The van der Waals surface area contributed by atoms with Gasteiger partial charge in [0, 0.05) is 22.3 Å². The maximum atomic E-state index is 12.6. The molecule has 0 amide bonds. The van der Waals surface area contributed by atoms with Crippen LogP contribution in [0.1, 0.15) is 42.9 Å². The zero-order valence-electron chi connectivity index (χ0n) is 22.1. The molecule has 0 spiro atoms. The first-order valence-electron chi connectivity index (χ1n) is 12.8. The molecule has 3 aromatic carbocycles. The summed E-state index contributed by atoms with van der Waals surface area (Å²) in [5, 5.41) is 26.3. The number of rotatable bonds is 8. The Kier molecular flexibility index (Phi) is 9.97. The van der Waals surface area contributed by atoms with Crippen molar-refractivity contribution in [2.45, 2.75) is 31.8 Å². The van der Waals surface area contributed by atoms with E-state index in [4.69, 9.17) is 20.1 Å². The molecule has 1 aliphatic rings. The Bertz CT molecular complexity index is 1180. The summed E-state index contributed by atoms with van der Waals surface area (Å²) < 4.78 is 6.12. The number of carbonyl (C=O) groups excluding carboxylic acids is 1. The van der Waals surface area contributed by atoms with Crippen molar-refractivity contribution in [1.29, 1.82) is 0 Å². The summed E-state index contributed by atoms with van der Waals surface area (Å²) in [5.41, 5.74) is 2.01. The van der Waals surface area contributed by atoms with E-state index in [-0.39, 0.29) is 19.3 Å². The number of benzene rings is 3. The van der Waals surface area contributed by atoms with Crippen LogP contribution in [0.15, 0.2) is 103 Å². The zero-order chi connectivity index (χ0) is 29.3. The van der Waals surface area contributed by atoms with E-state index in [9.17, 15) is 19.2 Å². The molecule has 0 heterocycles. The molecule has 1 fully saturated rings. The first kappa shape index (κ1) is 29.8. The second-order valence-corrected chi connectivity index (χ2v) is 9.76. The molecule has 0 unspecified atom stereocenters. The van der Waals surface area contributed by atoms with E-state index in [2.05, 4.69) is 6.58 Å². The number of ether oxygens (including phenoxy) is 1. The lowest BCUT2D eigenvalue weighted by atomic mass is 9.75. The van der Waals surface area contributed by atoms with Gasteiger partial charge in [-0.25, -0.2) is 4.79 Å². The molecule has 40 heavy (non-hydrogen) atoms. The van der Waals surface area contributed by atoms with Gasteiger partial charge in [0.25, 0.3) is 0 Å². The molecule has 0 aromatic heterocycles. The Hall–Kier alpha value is -4.72. The van der Waals surface area contributed by atoms with Gasteiger partial charge in [0.05, 0.1) is 17.8 Å². The predicted molar refractivity (Wildman–Crippen MR) is 147 cm³/mol. The highest BCUT2D eigenvalue weighted by Crippen LogP contribution is 2.41. The Balaban J connectivity index is 0.000000252. The van der Waals surface area contributed by atoms with Crippen molar-refractivity contribution < 1.29 is 39.2 Å². The van der Waals surface area contributed by atoms with Crippen LogP contribution in [-0.2, 0) is 29.5 Å². The Labute approximate surface area is 232 Å². The maximum absolute atomic E-state index is 12.6. The summed E-state index contributed by atoms with van der Waals surface area (Å²) in [4.78, 5) is 44.7. The quantitative estimate of drug-likeness (QED) is 0.195. The van der Waals surface area contributed by atoms with Crippen molar-refractivity contribution in [2.75, 3.05) is 0 Å². The largest absolute Gasteiger partial charge is 0.481 e. The molecule has 0 bridgehead atoms. The Morgan fingerprint density at radius 3 is 1.12 bits per heavy atom. The van der Waals surface area contributed by atoms with Crippen LogP contribution >= 0.6 is 0 Å². The molecule has 0 saturated heterocycles. The molecule has 1 saturated carbocycles. The molecule has 0 radical (unpaired) electrons. The van der Waals surface area contributed by atoms with Crippen LogP contribution in [0, 0.1) is 17.8 Å². The lowest BCUT2D eigenvalue weighted by molar-refractivity contribution is -0.153. The topological polar surface area (TPSA) is 138 Å². The average Bonchev–Trinajstić information content (AvgIpc) is 2.97. The van der Waals surface area contributed by atoms with Crippen molar-refractivity contribution in [3.8, 4) is 0 Å². The second-order valence-electron chi connectivity index (χ2n) is 9.76. The summed E-state index contributed by atoms with van der Waals surface area (Å²) >= 11 is 0. The number of carbonyl (C=O) groups is 4. The number of aliphatic carboxylic acids is 3. The van der Waals surface area contributed by atoms with Gasteiger partial charge in [0.1, 0.15) is 0 Å². The molecule has 3 N–H and O–H groups in total. The monoisotopic (exact) mass is 544 g/mol. The van der Waals surface area contributed by atoms with E-state index in [0.717, 1.165) is 16.7 Å². The van der Waals surface area contributed by atoms with Gasteiger partial charge >= 0.3 is 23.9 Å². The summed E-state index contributed by atoms with van der Waals surface area (Å²) in [5.74, 6) is -6.36. The summed E-state index contributed by atoms with van der Waals surface area (Å²) in [6, 6.07) is 29.4. The van der Waals surface area contributed by atoms with Crippen molar-refractivity contribution in [2.24, 2.45) is 17.8 Å². The van der Waals surface area contributed by atoms with E-state index in [1.165, 1.54) is 0 Å². The molecular formula is C32H32O8. The summed E-state index contributed by atoms with van der Waals surface area (Å²) in [6.07, 6.45) is 0.0668. The smallest absolute Gasteiger partial charge is 0.334 e. The van der Waals surface area contributed by atoms with Gasteiger partial charge in [0.2, 0.25) is 0 Å². The van der Waals surface area contributed by atoms with Gasteiger partial charge in [-0.05, 0) is 26.2 Å². The van der Waals surface area contributed by atoms with Crippen molar-refractivity contribution in [3.05, 3.63) is 120 Å². The van der Waals surface area contributed by atoms with Crippen LogP contribution in [-0.4, -0.2) is 39.2 Å². The predicted octanol–water partition coefficient (Wildman–Crippen LogP) is 5.37. The molecule has 208 valence electrons. The van der Waals surface area contributed by atoms with E-state index >= 15 is 0 Å². The van der Waals surface area contributed by atoms with E-state index in [0.29, 0.717) is 5.57 Å². The van der Waals surface area contributed by atoms with Crippen LogP contribution in [0.2, 0.25) is 0 Å². The van der Waals surface area contributed by atoms with Crippen molar-refractivity contribution in [3.63, 3.8) is 0 Å². The van der Waals surface area contributed by atoms with Gasteiger partial charge in [-0.2, -0.15) is 0 Å². The van der Waals surface area contributed by atoms with Crippen LogP contribution in [0.25, 0.3) is 0 Å². The first-order valence-corrected chi connectivity index (χ1v) is 12.8. The van der Waals surface area contributed by atoms with Crippen molar-refractivity contribution in [1.82, 2.24) is 0 Å². The lowest BCUT2D eigenvalue weighted by Gasteiger charge is -2.35. The molecule has 8 nitrogen and oxygen atoms in total. The van der Waals surface area contributed by atoms with E-state index in [1.54, 1.807) is 6.92 Å². The highest BCUT2D eigenvalue weighted by molar-refractivity contribution is 5.88. The SMILES string of the molecule is C=C(C)C(=O)OC(c1ccccc1)(c1ccccc1)c1ccccc1.O=C(O)C1CC(C(=O)O)CC(C(=O)O)C1. The van der Waals surface area contributed by atoms with Gasteiger partial charge in [-0.15, -0.1) is 0 Å². The fourth-order valence-corrected chi connectivity index (χ4v) is 4.85. The van der Waals surface area contributed by atoms with Crippen LogP contribution in [0.5, 0.6) is 0 Å².